The van der Waals surface area contributed by atoms with E-state index >= 15 is 0 Å². The van der Waals surface area contributed by atoms with Crippen molar-refractivity contribution in [1.82, 2.24) is 5.10 Å². The summed E-state index contributed by atoms with van der Waals surface area (Å²) < 4.78 is 1.81. The summed E-state index contributed by atoms with van der Waals surface area (Å²) in [5.41, 5.74) is 1.04. The molecule has 0 bridgehead atoms. The fourth-order valence-electron chi connectivity index (χ4n) is 1.11. The third-order valence-electron chi connectivity index (χ3n) is 1.67. The molecule has 0 radical (unpaired) electrons. The first-order valence-electron chi connectivity index (χ1n) is 3.58. The van der Waals surface area contributed by atoms with Gasteiger partial charge in [0, 0.05) is 11.5 Å². The van der Waals surface area contributed by atoms with E-state index in [1.54, 1.807) is 0 Å². The summed E-state index contributed by atoms with van der Waals surface area (Å²) in [7, 11) is 1.92. The predicted octanol–water partition coefficient (Wildman–Crippen LogP) is -1.94. The summed E-state index contributed by atoms with van der Waals surface area (Å²) in [5, 5.41) is 5.48. The van der Waals surface area contributed by atoms with E-state index in [0.29, 0.717) is 0 Å². The van der Waals surface area contributed by atoms with Crippen LogP contribution < -0.4 is 28.7 Å². The largest absolute Gasteiger partial charge is 1.00 e. The van der Waals surface area contributed by atoms with Crippen LogP contribution in [0.1, 0.15) is 0 Å². The van der Waals surface area contributed by atoms with E-state index in [1.807, 2.05) is 36.1 Å². The van der Waals surface area contributed by atoms with Gasteiger partial charge in [-0.25, -0.2) is 0 Å². The number of aromatic nitrogens is 2. The van der Waals surface area contributed by atoms with Gasteiger partial charge in [-0.2, -0.15) is 0 Å². The monoisotopic (exact) mass is 272 g/mol. The summed E-state index contributed by atoms with van der Waals surface area (Å²) >= 11 is 0. The molecule has 62 valence electrons. The quantitative estimate of drug-likeness (QED) is 0.403. The highest BCUT2D eigenvalue weighted by Gasteiger charge is 1.96. The Kier molecular flexibility index (Phi) is 2.97. The van der Waals surface area contributed by atoms with Crippen molar-refractivity contribution in [1.29, 1.82) is 0 Å². The van der Waals surface area contributed by atoms with Crippen molar-refractivity contribution in [3.8, 4) is 0 Å². The van der Waals surface area contributed by atoms with E-state index in [2.05, 4.69) is 17.2 Å². The Bertz CT molecular complexity index is 387. The Morgan fingerprint density at radius 3 is 2.75 bits per heavy atom. The third-order valence-corrected chi connectivity index (χ3v) is 1.67. The molecule has 0 aliphatic carbocycles. The summed E-state index contributed by atoms with van der Waals surface area (Å²) in [4.78, 5) is 0. The van der Waals surface area contributed by atoms with Crippen molar-refractivity contribution in [3.05, 3.63) is 36.5 Å². The number of nitrogens with zero attached hydrogens (tertiary/aromatic N) is 2. The molecule has 2 rings (SSSR count). The topological polar surface area (TPSA) is 16.8 Å². The molecular formula is C9H9IN2. The number of benzene rings is 1. The lowest BCUT2D eigenvalue weighted by atomic mass is 10.2. The molecule has 0 aliphatic heterocycles. The van der Waals surface area contributed by atoms with Gasteiger partial charge < -0.3 is 24.0 Å². The number of hydrogen-bond acceptors (Lipinski definition) is 1. The van der Waals surface area contributed by atoms with Crippen molar-refractivity contribution < 1.29 is 28.7 Å². The Hall–Kier alpha value is -0.710. The highest BCUT2D eigenvalue weighted by molar-refractivity contribution is 5.76. The second kappa shape index (κ2) is 3.80. The minimum absolute atomic E-state index is 0. The maximum atomic E-state index is 4.29. The van der Waals surface area contributed by atoms with Crippen molar-refractivity contribution in [2.45, 2.75) is 0 Å². The molecule has 0 saturated heterocycles. The van der Waals surface area contributed by atoms with Crippen LogP contribution >= 0.6 is 0 Å². The van der Waals surface area contributed by atoms with Crippen molar-refractivity contribution in [2.24, 2.45) is 7.05 Å². The van der Waals surface area contributed by atoms with Gasteiger partial charge in [0.25, 0.3) is 0 Å². The number of aryl methyl sites for hydroxylation is 1. The molecule has 2 nitrogen and oxygen atoms in total. The molecule has 1 aromatic carbocycles. The van der Waals surface area contributed by atoms with Gasteiger partial charge >= 0.3 is 0 Å². The Morgan fingerprint density at radius 2 is 1.92 bits per heavy atom. The zero-order valence-electron chi connectivity index (χ0n) is 6.74. The lowest BCUT2D eigenvalue weighted by Gasteiger charge is -1.90. The average molecular weight is 272 g/mol. The minimum atomic E-state index is 0. The molecular weight excluding hydrogens is 263 g/mol. The van der Waals surface area contributed by atoms with Gasteiger partial charge in [-0.15, -0.1) is 0 Å². The lowest BCUT2D eigenvalue weighted by Crippen LogP contribution is -3.00. The second-order valence-electron chi connectivity index (χ2n) is 2.55. The molecule has 3 heteroatoms. The summed E-state index contributed by atoms with van der Waals surface area (Å²) in [6, 6.07) is 10.1. The zero-order valence-corrected chi connectivity index (χ0v) is 8.89. The molecule has 0 N–H and O–H groups in total. The average Bonchev–Trinajstić information content (AvgIpc) is 2.04. The minimum Gasteiger partial charge on any atom is -1.00 e. The van der Waals surface area contributed by atoms with Crippen LogP contribution in [-0.4, -0.2) is 5.10 Å². The maximum absolute atomic E-state index is 4.29. The first-order chi connectivity index (χ1) is 5.36. The highest BCUT2D eigenvalue weighted by Crippen LogP contribution is 2.06. The fraction of sp³-hybridized carbons (Fsp3) is 0.111. The first kappa shape index (κ1) is 9.38. The zero-order chi connectivity index (χ0) is 7.68. The van der Waals surface area contributed by atoms with Crippen LogP contribution in [0.5, 0.6) is 0 Å². The van der Waals surface area contributed by atoms with Gasteiger partial charge in [0.2, 0.25) is 0 Å². The van der Waals surface area contributed by atoms with E-state index in [4.69, 9.17) is 0 Å². The summed E-state index contributed by atoms with van der Waals surface area (Å²) in [6.07, 6.45) is 1.95. The van der Waals surface area contributed by atoms with Gasteiger partial charge in [-0.1, -0.05) is 22.9 Å². The van der Waals surface area contributed by atoms with Crippen LogP contribution in [0.25, 0.3) is 10.9 Å². The van der Waals surface area contributed by atoms with E-state index in [-0.39, 0.29) is 24.0 Å². The SMILES string of the molecule is C[n+]1ccc2ccccc2n1.[I-]. The van der Waals surface area contributed by atoms with Crippen LogP contribution in [0.2, 0.25) is 0 Å². The van der Waals surface area contributed by atoms with Crippen LogP contribution in [-0.2, 0) is 7.05 Å². The Morgan fingerprint density at radius 1 is 1.17 bits per heavy atom. The van der Waals surface area contributed by atoms with Gasteiger partial charge in [0.15, 0.2) is 13.2 Å². The van der Waals surface area contributed by atoms with Gasteiger partial charge in [0.1, 0.15) is 5.52 Å². The van der Waals surface area contributed by atoms with Crippen LogP contribution in [0.4, 0.5) is 0 Å². The molecule has 0 saturated carbocycles. The van der Waals surface area contributed by atoms with E-state index in [9.17, 15) is 0 Å². The van der Waals surface area contributed by atoms with Crippen LogP contribution in [0, 0.1) is 0 Å². The van der Waals surface area contributed by atoms with Crippen LogP contribution in [0.15, 0.2) is 36.5 Å². The summed E-state index contributed by atoms with van der Waals surface area (Å²) in [6.45, 7) is 0. The second-order valence-corrected chi connectivity index (χ2v) is 2.55. The number of rotatable bonds is 0. The summed E-state index contributed by atoms with van der Waals surface area (Å²) in [5.74, 6) is 0. The first-order valence-corrected chi connectivity index (χ1v) is 3.58. The molecule has 0 spiro atoms. The van der Waals surface area contributed by atoms with Gasteiger partial charge in [0.05, 0.1) is 0 Å². The van der Waals surface area contributed by atoms with E-state index in [1.165, 1.54) is 5.39 Å². The molecule has 12 heavy (non-hydrogen) atoms. The third kappa shape index (κ3) is 1.72. The molecule has 1 aromatic heterocycles. The maximum Gasteiger partial charge on any atom is 0.196 e. The number of halogens is 1. The molecule has 2 aromatic rings. The van der Waals surface area contributed by atoms with Crippen molar-refractivity contribution in [2.75, 3.05) is 0 Å². The molecule has 0 amide bonds. The Labute approximate surface area is 88.2 Å². The number of fused-ring (bicyclic) bond motifs is 1. The molecule has 0 unspecified atom stereocenters. The lowest BCUT2D eigenvalue weighted by molar-refractivity contribution is -0.728. The molecule has 0 fully saturated rings. The van der Waals surface area contributed by atoms with E-state index < -0.39 is 0 Å². The van der Waals surface area contributed by atoms with E-state index in [0.717, 1.165) is 5.52 Å². The van der Waals surface area contributed by atoms with Gasteiger partial charge in [-0.05, 0) is 11.2 Å². The fourth-order valence-corrected chi connectivity index (χ4v) is 1.11. The van der Waals surface area contributed by atoms with Crippen LogP contribution in [0.3, 0.4) is 0 Å². The smallest absolute Gasteiger partial charge is 0.196 e. The normalized spacial score (nSPS) is 9.42. The van der Waals surface area contributed by atoms with Crippen molar-refractivity contribution in [3.63, 3.8) is 0 Å². The molecule has 1 heterocycles. The van der Waals surface area contributed by atoms with Gasteiger partial charge in [-0.3, -0.25) is 0 Å². The van der Waals surface area contributed by atoms with Crippen molar-refractivity contribution >= 4 is 10.9 Å². The number of hydrogen-bond donors (Lipinski definition) is 0. The molecule has 0 atom stereocenters. The Balaban J connectivity index is 0.000000720. The standard InChI is InChI=1S/C9H9N2.HI/c1-11-7-6-8-4-2-3-5-9(8)10-11;/h2-7H,1H3;1H/q+1;/p-1. The highest BCUT2D eigenvalue weighted by atomic mass is 127. The predicted molar refractivity (Wildman–Crippen MR) is 42.9 cm³/mol. The molecule has 0 aliphatic rings.